The summed E-state index contributed by atoms with van der Waals surface area (Å²) in [7, 11) is -6.93. The molecular weight excluding hydrogens is 1330 g/mol. The maximum absolute atomic E-state index is 13.5. The van der Waals surface area contributed by atoms with Crippen LogP contribution >= 0.6 is 34.4 Å². The third-order valence-electron chi connectivity index (χ3n) is 13.9. The predicted molar refractivity (Wildman–Crippen MR) is 371 cm³/mol. The van der Waals surface area contributed by atoms with Crippen molar-refractivity contribution in [2.45, 2.75) is 62.2 Å². The second-order valence-electron chi connectivity index (χ2n) is 20.1. The number of nitriles is 1. The van der Waals surface area contributed by atoms with Crippen LogP contribution in [0.1, 0.15) is 62.4 Å². The number of ketones is 2. The number of hydrogen-bond acceptors (Lipinski definition) is 25. The number of carbonyl (C=O) groups is 4. The van der Waals surface area contributed by atoms with Crippen molar-refractivity contribution in [1.29, 1.82) is 5.26 Å². The Morgan fingerprint density at radius 3 is 1.60 bits per heavy atom. The van der Waals surface area contributed by atoms with Gasteiger partial charge in [0.2, 0.25) is 17.6 Å². The minimum Gasteiger partial charge on any atom is -0.494 e. The predicted octanol–water partition coefficient (Wildman–Crippen LogP) is 14.5. The summed E-state index contributed by atoms with van der Waals surface area (Å²) < 4.78 is 82.9. The molecule has 0 spiro atoms. The summed E-state index contributed by atoms with van der Waals surface area (Å²) in [5, 5.41) is 40.1. The second-order valence-corrected chi connectivity index (χ2v) is 26.0. The Morgan fingerprint density at radius 1 is 0.656 bits per heavy atom. The number of amides is 2. The van der Waals surface area contributed by atoms with E-state index in [1.54, 1.807) is 91.0 Å². The molecule has 3 heterocycles. The first-order chi connectivity index (χ1) is 45.9. The van der Waals surface area contributed by atoms with Crippen molar-refractivity contribution in [3.05, 3.63) is 159 Å². The average Bonchev–Trinajstić information content (AvgIpc) is 1.56. The van der Waals surface area contributed by atoms with Crippen molar-refractivity contribution in [1.82, 2.24) is 15.0 Å². The van der Waals surface area contributed by atoms with Gasteiger partial charge in [-0.2, -0.15) is 42.2 Å². The number of benzene rings is 5. The zero-order valence-corrected chi connectivity index (χ0v) is 56.7. The summed E-state index contributed by atoms with van der Waals surface area (Å²) >= 11 is 2.60. The Bertz CT molecular complexity index is 4730. The highest BCUT2D eigenvalue weighted by Gasteiger charge is 2.30. The molecule has 27 nitrogen and oxygen atoms in total. The number of thioether (sulfide) groups is 1. The molecule has 0 atom stereocenters. The maximum atomic E-state index is 13.5. The van der Waals surface area contributed by atoms with Gasteiger partial charge >= 0.3 is 0 Å². The van der Waals surface area contributed by atoms with Crippen molar-refractivity contribution < 1.29 is 54.6 Å². The minimum absolute atomic E-state index is 0.0101. The minimum atomic E-state index is -5.25. The standard InChI is InChI=1S/C64H61N15O12S5/c1-10-78(11-2)52-31-47(49(33-54(52)90-8)74-76-60-46(35-65)57(96(87,88)89)56(94-60)30-45(38(6)81)59(83)68-41-24-18-15-19-25-41)69-62-71-63(73-64(72-62)92-36-39-21-20-26-43(27-39)95(84,85)86)70-48-32-53(79(12-3)13-4)55(91-9)34-50(48)75-77-61-51(66-7)29-42(93-61)28-44(37(5)80)58(82)67-40-22-16-14-17-23-40/h14-34H,10-13,36H2,1-6,8-9H3,(H,67,82)(H,68,83)(H,84,85,86)(H,87,88,89)(H2,69,70,71,72,73)/b44-28+,45-30-,76-74+,77-75+. The monoisotopic (exact) mass is 1390 g/mol. The highest BCUT2D eigenvalue weighted by Crippen LogP contribution is 2.46. The molecule has 3 aromatic heterocycles. The van der Waals surface area contributed by atoms with E-state index in [1.807, 2.05) is 37.5 Å². The van der Waals surface area contributed by atoms with E-state index in [0.29, 0.717) is 82.2 Å². The van der Waals surface area contributed by atoms with Crippen LogP contribution in [-0.2, 0) is 45.2 Å². The Morgan fingerprint density at radius 2 is 1.16 bits per heavy atom. The summed E-state index contributed by atoms with van der Waals surface area (Å²) in [5.74, 6) is -2.37. The number of thiophene rings is 2. The summed E-state index contributed by atoms with van der Waals surface area (Å²) in [6, 6.07) is 32.1. The molecule has 0 saturated carbocycles. The highest BCUT2D eigenvalue weighted by molar-refractivity contribution is 7.98. The molecule has 0 unspecified atom stereocenters. The molecule has 494 valence electrons. The normalized spacial score (nSPS) is 11.8. The first-order valence-electron chi connectivity index (χ1n) is 28.9. The topological polar surface area (TPSA) is 366 Å². The smallest absolute Gasteiger partial charge is 0.297 e. The first-order valence-corrected chi connectivity index (χ1v) is 34.4. The highest BCUT2D eigenvalue weighted by atomic mass is 32.2. The van der Waals surface area contributed by atoms with E-state index in [1.165, 1.54) is 57.6 Å². The fraction of sp³-hybridized carbons (Fsp3) is 0.203. The van der Waals surface area contributed by atoms with Gasteiger partial charge in [-0.3, -0.25) is 28.3 Å². The number of Topliss-reactive ketones (excluding diaryl/α,β-unsaturated/α-hetero) is 2. The zero-order valence-electron chi connectivity index (χ0n) is 52.6. The van der Waals surface area contributed by atoms with Crippen LogP contribution in [0.25, 0.3) is 17.0 Å². The Balaban J connectivity index is 1.27. The number of rotatable bonds is 29. The number of nitrogens with zero attached hydrogens (tertiary/aromatic N) is 11. The second kappa shape index (κ2) is 32.0. The molecule has 0 aliphatic carbocycles. The van der Waals surface area contributed by atoms with Crippen LogP contribution in [0.3, 0.4) is 0 Å². The number of nitrogens with one attached hydrogen (secondary N) is 4. The summed E-state index contributed by atoms with van der Waals surface area (Å²) in [4.78, 5) is 73.4. The van der Waals surface area contributed by atoms with Gasteiger partial charge in [-0.25, -0.2) is 4.85 Å². The number of anilines is 8. The summed E-state index contributed by atoms with van der Waals surface area (Å²) in [5.41, 5.74) is 1.67. The van der Waals surface area contributed by atoms with E-state index in [9.17, 15) is 50.4 Å². The van der Waals surface area contributed by atoms with Crippen LogP contribution in [-0.4, -0.2) is 105 Å². The molecule has 8 aromatic rings. The Hall–Kier alpha value is -10.6. The van der Waals surface area contributed by atoms with E-state index >= 15 is 0 Å². The van der Waals surface area contributed by atoms with Gasteiger partial charge in [0.15, 0.2) is 21.7 Å². The molecule has 0 bridgehead atoms. The SMILES string of the molecule is [C-]#[N+]c1cc(/C=C(\C(C)=O)C(=O)Nc2ccccc2)sc1/N=N/c1cc(OC)c(N(CC)CC)cc1Nc1nc(Nc2cc(N(CC)CC)c(OC)cc2/N=N/c2sc(/C=C(/C(C)=O)C(=O)Nc3ccccc3)c(S(=O)(=O)O)c2C#N)nc(SCc2cccc(S(=O)(=O)O)c2)n1. The van der Waals surface area contributed by atoms with E-state index in [2.05, 4.69) is 46.6 Å². The lowest BCUT2D eigenvalue weighted by atomic mass is 10.1. The molecule has 0 aliphatic heterocycles. The largest absolute Gasteiger partial charge is 0.494 e. The number of para-hydroxylation sites is 2. The fourth-order valence-electron chi connectivity index (χ4n) is 9.27. The van der Waals surface area contributed by atoms with Crippen LogP contribution in [0.15, 0.2) is 162 Å². The average molecular weight is 1390 g/mol. The number of azo groups is 2. The third-order valence-corrected chi connectivity index (χ3v) is 18.7. The van der Waals surface area contributed by atoms with E-state index < -0.39 is 59.6 Å². The summed E-state index contributed by atoms with van der Waals surface area (Å²) in [6.45, 7) is 20.2. The lowest BCUT2D eigenvalue weighted by molar-refractivity contribution is -0.120. The van der Waals surface area contributed by atoms with Crippen molar-refractivity contribution in [3.8, 4) is 17.6 Å². The van der Waals surface area contributed by atoms with Crippen LogP contribution < -0.4 is 40.5 Å². The molecule has 32 heteroatoms. The molecule has 0 saturated heterocycles. The molecule has 5 aromatic carbocycles. The zero-order chi connectivity index (χ0) is 69.4. The van der Waals surface area contributed by atoms with Crippen molar-refractivity contribution >= 4 is 163 Å². The Kier molecular flexibility index (Phi) is 23.8. The maximum Gasteiger partial charge on any atom is 0.297 e. The van der Waals surface area contributed by atoms with Gasteiger partial charge in [0, 0.05) is 60.3 Å². The van der Waals surface area contributed by atoms with Gasteiger partial charge in [-0.1, -0.05) is 60.3 Å². The van der Waals surface area contributed by atoms with Crippen LogP contribution in [0.2, 0.25) is 0 Å². The number of aromatic nitrogens is 3. The fourth-order valence-corrected chi connectivity index (χ4v) is 13.6. The molecule has 6 N–H and O–H groups in total. The van der Waals surface area contributed by atoms with Crippen molar-refractivity contribution in [3.63, 3.8) is 0 Å². The van der Waals surface area contributed by atoms with Gasteiger partial charge in [0.1, 0.15) is 44.4 Å². The first kappa shape index (κ1) is 71.3. The van der Waals surface area contributed by atoms with Gasteiger partial charge in [0.25, 0.3) is 32.1 Å². The lowest BCUT2D eigenvalue weighted by Gasteiger charge is -2.25. The van der Waals surface area contributed by atoms with E-state index in [4.69, 9.17) is 31.0 Å². The van der Waals surface area contributed by atoms with Crippen LogP contribution in [0, 0.1) is 17.9 Å². The number of carbonyl (C=O) groups excluding carboxylic acids is 4. The third kappa shape index (κ3) is 17.8. The van der Waals surface area contributed by atoms with Gasteiger partial charge in [0.05, 0.1) is 64.5 Å². The lowest BCUT2D eigenvalue weighted by Crippen LogP contribution is -2.22. The molecule has 2 amide bonds. The molecule has 0 aliphatic rings. The van der Waals surface area contributed by atoms with E-state index in [0.717, 1.165) is 36.1 Å². The molecular formula is C64H61N15O12S5. The molecule has 0 radical (unpaired) electrons. The molecule has 96 heavy (non-hydrogen) atoms. The quantitative estimate of drug-likeness (QED) is 0.00482. The number of hydrogen-bond donors (Lipinski definition) is 6. The van der Waals surface area contributed by atoms with Crippen LogP contribution in [0.5, 0.6) is 11.5 Å². The van der Waals surface area contributed by atoms with Crippen LogP contribution in [0.4, 0.5) is 73.1 Å². The van der Waals surface area contributed by atoms with Crippen molar-refractivity contribution in [2.24, 2.45) is 20.5 Å². The number of methoxy groups -OCH3 is 2. The van der Waals surface area contributed by atoms with Crippen molar-refractivity contribution in [2.75, 3.05) is 71.5 Å². The van der Waals surface area contributed by atoms with Gasteiger partial charge < -0.3 is 40.5 Å². The molecule has 0 fully saturated rings. The van der Waals surface area contributed by atoms with Gasteiger partial charge in [-0.05, 0) is 114 Å². The molecule has 8 rings (SSSR count). The van der Waals surface area contributed by atoms with E-state index in [-0.39, 0.29) is 76.6 Å². The van der Waals surface area contributed by atoms with Gasteiger partial charge in [-0.15, -0.1) is 38.0 Å². The Labute approximate surface area is 565 Å². The summed E-state index contributed by atoms with van der Waals surface area (Å²) in [6.07, 6.45) is 2.31. The number of ether oxygens (including phenoxy) is 2.